The Balaban J connectivity index is 0.00000225. The summed E-state index contributed by atoms with van der Waals surface area (Å²) in [6.07, 6.45) is 1.65. The van der Waals surface area contributed by atoms with Crippen LogP contribution >= 0.6 is 12.4 Å². The van der Waals surface area contributed by atoms with Crippen molar-refractivity contribution in [3.63, 3.8) is 0 Å². The molecule has 1 saturated heterocycles. The Morgan fingerprint density at radius 1 is 1.12 bits per heavy atom. The normalized spacial score (nSPS) is 14.7. The number of likely N-dealkylation sites (tertiary alicyclic amines) is 1. The zero-order chi connectivity index (χ0) is 16.9. The molecule has 0 radical (unpaired) electrons. The summed E-state index contributed by atoms with van der Waals surface area (Å²) in [4.78, 5) is 14.6. The summed E-state index contributed by atoms with van der Waals surface area (Å²) in [5, 5.41) is 0. The van der Waals surface area contributed by atoms with Gasteiger partial charge in [-0.05, 0) is 42.7 Å². The third kappa shape index (κ3) is 4.94. The monoisotopic (exact) mass is 364 g/mol. The van der Waals surface area contributed by atoms with E-state index in [0.717, 1.165) is 18.4 Å². The van der Waals surface area contributed by atoms with Crippen LogP contribution in [0.25, 0.3) is 0 Å². The molecule has 134 valence electrons. The van der Waals surface area contributed by atoms with Crippen LogP contribution in [-0.2, 0) is 6.61 Å². The van der Waals surface area contributed by atoms with Crippen molar-refractivity contribution >= 4 is 18.3 Å². The zero-order valence-corrected chi connectivity index (χ0v) is 14.7. The standard InChI is InChI=1S/C19H21FN2O2.ClH/c20-15-7-5-14(6-8-15)13-24-18-4-2-1-3-17(18)19(23)22-11-9-16(21)10-12-22;/h1-8,16H,9-13,21H2;1H. The average molecular weight is 365 g/mol. The predicted octanol–water partition coefficient (Wildman–Crippen LogP) is 3.39. The Labute approximate surface area is 153 Å². The van der Waals surface area contributed by atoms with Crippen molar-refractivity contribution in [1.82, 2.24) is 4.90 Å². The first-order valence-electron chi connectivity index (χ1n) is 8.14. The zero-order valence-electron chi connectivity index (χ0n) is 13.9. The van der Waals surface area contributed by atoms with Gasteiger partial charge in [0.2, 0.25) is 0 Å². The Hall–Kier alpha value is -2.11. The molecule has 0 atom stereocenters. The van der Waals surface area contributed by atoms with Crippen LogP contribution in [0.2, 0.25) is 0 Å². The van der Waals surface area contributed by atoms with E-state index in [-0.39, 0.29) is 36.8 Å². The van der Waals surface area contributed by atoms with E-state index in [9.17, 15) is 9.18 Å². The first-order valence-corrected chi connectivity index (χ1v) is 8.14. The van der Waals surface area contributed by atoms with Crippen molar-refractivity contribution in [3.05, 3.63) is 65.5 Å². The summed E-state index contributed by atoms with van der Waals surface area (Å²) in [7, 11) is 0. The summed E-state index contributed by atoms with van der Waals surface area (Å²) in [6, 6.07) is 13.5. The van der Waals surface area contributed by atoms with E-state index in [1.165, 1.54) is 12.1 Å². The molecule has 25 heavy (non-hydrogen) atoms. The summed E-state index contributed by atoms with van der Waals surface area (Å²) in [5.74, 6) is 0.232. The van der Waals surface area contributed by atoms with Crippen LogP contribution in [0.4, 0.5) is 4.39 Å². The molecule has 1 fully saturated rings. The quantitative estimate of drug-likeness (QED) is 0.904. The number of nitrogens with zero attached hydrogens (tertiary/aromatic N) is 1. The van der Waals surface area contributed by atoms with E-state index in [4.69, 9.17) is 10.5 Å². The van der Waals surface area contributed by atoms with Gasteiger partial charge in [0.1, 0.15) is 18.2 Å². The second kappa shape index (κ2) is 8.83. The van der Waals surface area contributed by atoms with Crippen LogP contribution in [0.5, 0.6) is 5.75 Å². The molecule has 0 aromatic heterocycles. The van der Waals surface area contributed by atoms with Crippen LogP contribution in [0.15, 0.2) is 48.5 Å². The van der Waals surface area contributed by atoms with Gasteiger partial charge >= 0.3 is 0 Å². The topological polar surface area (TPSA) is 55.6 Å². The Morgan fingerprint density at radius 2 is 1.76 bits per heavy atom. The smallest absolute Gasteiger partial charge is 0.257 e. The van der Waals surface area contributed by atoms with Gasteiger partial charge in [0.25, 0.3) is 5.91 Å². The minimum Gasteiger partial charge on any atom is -0.488 e. The van der Waals surface area contributed by atoms with Crippen LogP contribution < -0.4 is 10.5 Å². The van der Waals surface area contributed by atoms with Gasteiger partial charge in [-0.3, -0.25) is 4.79 Å². The second-order valence-corrected chi connectivity index (χ2v) is 6.04. The second-order valence-electron chi connectivity index (χ2n) is 6.04. The number of carbonyl (C=O) groups is 1. The fourth-order valence-corrected chi connectivity index (χ4v) is 2.78. The van der Waals surface area contributed by atoms with Crippen molar-refractivity contribution in [2.75, 3.05) is 13.1 Å². The third-order valence-corrected chi connectivity index (χ3v) is 4.25. The number of benzene rings is 2. The molecular weight excluding hydrogens is 343 g/mol. The summed E-state index contributed by atoms with van der Waals surface area (Å²) in [5.41, 5.74) is 7.30. The summed E-state index contributed by atoms with van der Waals surface area (Å²) >= 11 is 0. The first kappa shape index (κ1) is 19.2. The van der Waals surface area contributed by atoms with Crippen LogP contribution in [0.1, 0.15) is 28.8 Å². The lowest BCUT2D eigenvalue weighted by Crippen LogP contribution is -2.42. The van der Waals surface area contributed by atoms with Gasteiger partial charge in [-0.2, -0.15) is 0 Å². The maximum absolute atomic E-state index is 13.0. The number of piperidine rings is 1. The van der Waals surface area contributed by atoms with E-state index >= 15 is 0 Å². The van der Waals surface area contributed by atoms with Gasteiger partial charge in [-0.15, -0.1) is 12.4 Å². The molecule has 3 rings (SSSR count). The lowest BCUT2D eigenvalue weighted by molar-refractivity contribution is 0.0710. The molecule has 2 aromatic rings. The molecule has 2 N–H and O–H groups in total. The minimum absolute atomic E-state index is 0. The number of amides is 1. The Bertz CT molecular complexity index is 701. The van der Waals surface area contributed by atoms with Gasteiger partial charge in [0, 0.05) is 19.1 Å². The lowest BCUT2D eigenvalue weighted by atomic mass is 10.0. The Morgan fingerprint density at radius 3 is 2.44 bits per heavy atom. The molecule has 2 aromatic carbocycles. The molecule has 0 saturated carbocycles. The maximum Gasteiger partial charge on any atom is 0.257 e. The van der Waals surface area contributed by atoms with E-state index < -0.39 is 0 Å². The van der Waals surface area contributed by atoms with E-state index in [0.29, 0.717) is 24.4 Å². The van der Waals surface area contributed by atoms with Gasteiger partial charge < -0.3 is 15.4 Å². The highest BCUT2D eigenvalue weighted by Gasteiger charge is 2.23. The van der Waals surface area contributed by atoms with E-state index in [1.807, 2.05) is 17.0 Å². The highest BCUT2D eigenvalue weighted by molar-refractivity contribution is 5.97. The minimum atomic E-state index is -0.280. The molecular formula is C19H22ClFN2O2. The molecule has 0 unspecified atom stereocenters. The predicted molar refractivity (Wildman–Crippen MR) is 97.5 cm³/mol. The number of nitrogens with two attached hydrogens (primary N) is 1. The van der Waals surface area contributed by atoms with Gasteiger partial charge in [0.15, 0.2) is 0 Å². The number of carbonyl (C=O) groups excluding carboxylic acids is 1. The number of hydrogen-bond donors (Lipinski definition) is 1. The van der Waals surface area contributed by atoms with Crippen LogP contribution in [-0.4, -0.2) is 29.9 Å². The molecule has 0 bridgehead atoms. The fraction of sp³-hybridized carbons (Fsp3) is 0.316. The molecule has 1 aliphatic rings. The van der Waals surface area contributed by atoms with Gasteiger partial charge in [-0.1, -0.05) is 24.3 Å². The summed E-state index contributed by atoms with van der Waals surface area (Å²) in [6.45, 7) is 1.63. The largest absolute Gasteiger partial charge is 0.488 e. The average Bonchev–Trinajstić information content (AvgIpc) is 2.61. The SMILES string of the molecule is Cl.NC1CCN(C(=O)c2ccccc2OCc2ccc(F)cc2)CC1. The number of para-hydroxylation sites is 1. The van der Waals surface area contributed by atoms with Crippen molar-refractivity contribution in [3.8, 4) is 5.75 Å². The fourth-order valence-electron chi connectivity index (χ4n) is 2.78. The molecule has 0 spiro atoms. The Kier molecular flexibility index (Phi) is 6.79. The number of rotatable bonds is 4. The van der Waals surface area contributed by atoms with Crippen LogP contribution in [0, 0.1) is 5.82 Å². The van der Waals surface area contributed by atoms with Crippen molar-refractivity contribution in [2.24, 2.45) is 5.73 Å². The van der Waals surface area contributed by atoms with Crippen LogP contribution in [0.3, 0.4) is 0 Å². The van der Waals surface area contributed by atoms with Gasteiger partial charge in [-0.25, -0.2) is 4.39 Å². The number of hydrogen-bond acceptors (Lipinski definition) is 3. The van der Waals surface area contributed by atoms with Crippen molar-refractivity contribution < 1.29 is 13.9 Å². The number of ether oxygens (including phenoxy) is 1. The van der Waals surface area contributed by atoms with Crippen molar-refractivity contribution in [2.45, 2.75) is 25.5 Å². The molecule has 1 heterocycles. The maximum atomic E-state index is 13.0. The molecule has 0 aliphatic carbocycles. The highest BCUT2D eigenvalue weighted by atomic mass is 35.5. The summed E-state index contributed by atoms with van der Waals surface area (Å²) < 4.78 is 18.8. The van der Waals surface area contributed by atoms with Gasteiger partial charge in [0.05, 0.1) is 5.56 Å². The third-order valence-electron chi connectivity index (χ3n) is 4.25. The molecule has 4 nitrogen and oxygen atoms in total. The van der Waals surface area contributed by atoms with E-state index in [2.05, 4.69) is 0 Å². The lowest BCUT2D eigenvalue weighted by Gasteiger charge is -2.30. The van der Waals surface area contributed by atoms with E-state index in [1.54, 1.807) is 24.3 Å². The molecule has 1 aliphatic heterocycles. The molecule has 1 amide bonds. The number of halogens is 2. The first-order chi connectivity index (χ1) is 11.6. The highest BCUT2D eigenvalue weighted by Crippen LogP contribution is 2.23. The van der Waals surface area contributed by atoms with Crippen molar-refractivity contribution in [1.29, 1.82) is 0 Å². The molecule has 6 heteroatoms.